The third-order valence-electron chi connectivity index (χ3n) is 2.89. The Hall–Kier alpha value is -1.97. The van der Waals surface area contributed by atoms with Crippen LogP contribution in [0.4, 0.5) is 4.39 Å². The van der Waals surface area contributed by atoms with E-state index in [1.807, 2.05) is 19.9 Å². The fraction of sp³-hybridized carbons (Fsp3) is 0.286. The van der Waals surface area contributed by atoms with Gasteiger partial charge < -0.3 is 0 Å². The summed E-state index contributed by atoms with van der Waals surface area (Å²) in [4.78, 5) is 10.6. The van der Waals surface area contributed by atoms with Crippen LogP contribution in [0.3, 0.4) is 0 Å². The molecule has 0 unspecified atom stereocenters. The fourth-order valence-corrected chi connectivity index (χ4v) is 1.88. The molecule has 0 aliphatic heterocycles. The lowest BCUT2D eigenvalue weighted by molar-refractivity contribution is 0.112. The number of halogens is 1. The van der Waals surface area contributed by atoms with E-state index in [0.717, 1.165) is 24.2 Å². The van der Waals surface area contributed by atoms with Crippen molar-refractivity contribution in [2.24, 2.45) is 0 Å². The van der Waals surface area contributed by atoms with E-state index in [0.29, 0.717) is 17.5 Å². The van der Waals surface area contributed by atoms with E-state index in [4.69, 9.17) is 0 Å². The number of nitrogens with zero attached hydrogens (tertiary/aromatic N) is 2. The predicted octanol–water partition coefficient (Wildman–Crippen LogP) is 2.95. The number of aromatic nitrogens is 2. The van der Waals surface area contributed by atoms with Crippen LogP contribution in [0.2, 0.25) is 0 Å². The Morgan fingerprint density at radius 1 is 1.28 bits per heavy atom. The van der Waals surface area contributed by atoms with Crippen LogP contribution in [0.15, 0.2) is 24.3 Å². The molecule has 2 rings (SSSR count). The van der Waals surface area contributed by atoms with Gasteiger partial charge in [-0.1, -0.05) is 13.8 Å². The molecule has 3 nitrogen and oxygen atoms in total. The lowest BCUT2D eigenvalue weighted by Gasteiger charge is -2.07. The van der Waals surface area contributed by atoms with Crippen LogP contribution < -0.4 is 0 Å². The summed E-state index contributed by atoms with van der Waals surface area (Å²) in [5.74, 6) is -0.431. The van der Waals surface area contributed by atoms with Crippen molar-refractivity contribution in [3.8, 4) is 5.69 Å². The van der Waals surface area contributed by atoms with Crippen molar-refractivity contribution < 1.29 is 9.18 Å². The van der Waals surface area contributed by atoms with E-state index < -0.39 is 5.82 Å². The highest BCUT2D eigenvalue weighted by molar-refractivity contribution is 5.75. The average Bonchev–Trinajstić information content (AvgIpc) is 2.81. The third-order valence-corrected chi connectivity index (χ3v) is 2.89. The fourth-order valence-electron chi connectivity index (χ4n) is 1.88. The summed E-state index contributed by atoms with van der Waals surface area (Å²) in [5, 5.41) is 4.37. The zero-order chi connectivity index (χ0) is 13.1. The lowest BCUT2D eigenvalue weighted by atomic mass is 10.2. The Labute approximate surface area is 105 Å². The Morgan fingerprint density at radius 3 is 2.61 bits per heavy atom. The molecule has 94 valence electrons. The monoisotopic (exact) mass is 246 g/mol. The minimum atomic E-state index is -0.431. The third kappa shape index (κ3) is 2.18. The number of carbonyl (C=O) groups is 1. The van der Waals surface area contributed by atoms with E-state index in [1.54, 1.807) is 16.8 Å². The Bertz CT molecular complexity index is 575. The lowest BCUT2D eigenvalue weighted by Crippen LogP contribution is -2.04. The van der Waals surface area contributed by atoms with Crippen molar-refractivity contribution in [1.82, 2.24) is 9.78 Å². The van der Waals surface area contributed by atoms with Crippen molar-refractivity contribution >= 4 is 6.29 Å². The van der Waals surface area contributed by atoms with Crippen molar-refractivity contribution in [3.05, 3.63) is 47.0 Å². The van der Waals surface area contributed by atoms with Gasteiger partial charge in [0.1, 0.15) is 17.8 Å². The molecular weight excluding hydrogens is 231 g/mol. The number of hydrogen-bond acceptors (Lipinski definition) is 2. The van der Waals surface area contributed by atoms with Gasteiger partial charge in [-0.3, -0.25) is 4.79 Å². The zero-order valence-corrected chi connectivity index (χ0v) is 10.5. The van der Waals surface area contributed by atoms with Gasteiger partial charge in [-0.15, -0.1) is 0 Å². The maximum Gasteiger partial charge on any atom is 0.150 e. The molecule has 0 aliphatic rings. The van der Waals surface area contributed by atoms with Crippen LogP contribution in [-0.4, -0.2) is 16.1 Å². The van der Waals surface area contributed by atoms with E-state index in [-0.39, 0.29) is 0 Å². The number of benzene rings is 1. The van der Waals surface area contributed by atoms with Crippen LogP contribution in [0.25, 0.3) is 5.69 Å². The molecule has 1 aromatic carbocycles. The number of aldehydes is 1. The molecule has 0 radical (unpaired) electrons. The first-order valence-electron chi connectivity index (χ1n) is 6.02. The number of hydrogen-bond donors (Lipinski definition) is 0. The molecule has 1 aromatic heterocycles. The van der Waals surface area contributed by atoms with Crippen LogP contribution in [0.1, 0.15) is 35.6 Å². The maximum atomic E-state index is 13.9. The molecule has 0 saturated carbocycles. The van der Waals surface area contributed by atoms with Crippen molar-refractivity contribution in [1.29, 1.82) is 0 Å². The second-order valence-corrected chi connectivity index (χ2v) is 4.07. The topological polar surface area (TPSA) is 34.9 Å². The summed E-state index contributed by atoms with van der Waals surface area (Å²) in [6, 6.07) is 6.39. The highest BCUT2D eigenvalue weighted by atomic mass is 19.1. The maximum absolute atomic E-state index is 13.9. The normalized spacial score (nSPS) is 10.6. The first kappa shape index (κ1) is 12.5. The molecule has 2 aromatic rings. The van der Waals surface area contributed by atoms with Gasteiger partial charge in [-0.05, 0) is 37.1 Å². The standard InChI is InChI=1S/C14H15FN2O/c1-3-11-8-12(4-2)17(16-11)14-6-5-10(9-18)7-13(14)15/h5-9H,3-4H2,1-2H3. The van der Waals surface area contributed by atoms with Crippen LogP contribution in [-0.2, 0) is 12.8 Å². The average molecular weight is 246 g/mol. The summed E-state index contributed by atoms with van der Waals surface area (Å²) in [7, 11) is 0. The molecule has 0 bridgehead atoms. The first-order valence-corrected chi connectivity index (χ1v) is 6.02. The SMILES string of the molecule is CCc1cc(CC)n(-c2ccc(C=O)cc2F)n1. The molecule has 0 aliphatic carbocycles. The first-order chi connectivity index (χ1) is 8.69. The summed E-state index contributed by atoms with van der Waals surface area (Å²) >= 11 is 0. The van der Waals surface area contributed by atoms with Gasteiger partial charge in [0.15, 0.2) is 0 Å². The second kappa shape index (κ2) is 5.12. The molecule has 0 amide bonds. The van der Waals surface area contributed by atoms with Gasteiger partial charge in [0.05, 0.1) is 5.69 Å². The van der Waals surface area contributed by atoms with E-state index in [1.165, 1.54) is 6.07 Å². The minimum absolute atomic E-state index is 0.331. The van der Waals surface area contributed by atoms with Crippen molar-refractivity contribution in [3.63, 3.8) is 0 Å². The second-order valence-electron chi connectivity index (χ2n) is 4.07. The van der Waals surface area contributed by atoms with Crippen LogP contribution in [0.5, 0.6) is 0 Å². The van der Waals surface area contributed by atoms with Gasteiger partial charge in [0.25, 0.3) is 0 Å². The molecular formula is C14H15FN2O. The Kier molecular flexibility index (Phi) is 3.55. The molecule has 18 heavy (non-hydrogen) atoms. The van der Waals surface area contributed by atoms with E-state index in [2.05, 4.69) is 5.10 Å². The number of aryl methyl sites for hydroxylation is 2. The highest BCUT2D eigenvalue weighted by Crippen LogP contribution is 2.18. The quantitative estimate of drug-likeness (QED) is 0.777. The summed E-state index contributed by atoms with van der Waals surface area (Å²) < 4.78 is 15.5. The van der Waals surface area contributed by atoms with Crippen LogP contribution in [0, 0.1) is 5.82 Å². The molecule has 0 saturated heterocycles. The van der Waals surface area contributed by atoms with E-state index in [9.17, 15) is 9.18 Å². The number of rotatable bonds is 4. The van der Waals surface area contributed by atoms with Crippen molar-refractivity contribution in [2.75, 3.05) is 0 Å². The van der Waals surface area contributed by atoms with Gasteiger partial charge in [0, 0.05) is 11.3 Å². The summed E-state index contributed by atoms with van der Waals surface area (Å²) in [5.41, 5.74) is 2.62. The zero-order valence-electron chi connectivity index (χ0n) is 10.5. The molecule has 1 heterocycles. The molecule has 0 N–H and O–H groups in total. The minimum Gasteiger partial charge on any atom is -0.298 e. The molecule has 0 fully saturated rings. The largest absolute Gasteiger partial charge is 0.298 e. The van der Waals surface area contributed by atoms with Gasteiger partial charge >= 0.3 is 0 Å². The van der Waals surface area contributed by atoms with Gasteiger partial charge in [-0.2, -0.15) is 5.10 Å². The van der Waals surface area contributed by atoms with Crippen LogP contribution >= 0.6 is 0 Å². The molecule has 0 spiro atoms. The Morgan fingerprint density at radius 2 is 2.06 bits per heavy atom. The molecule has 4 heteroatoms. The van der Waals surface area contributed by atoms with Crippen molar-refractivity contribution in [2.45, 2.75) is 26.7 Å². The highest BCUT2D eigenvalue weighted by Gasteiger charge is 2.11. The predicted molar refractivity (Wildman–Crippen MR) is 67.7 cm³/mol. The summed E-state index contributed by atoms with van der Waals surface area (Å²) in [6.45, 7) is 4.02. The molecule has 0 atom stereocenters. The van der Waals surface area contributed by atoms with E-state index >= 15 is 0 Å². The van der Waals surface area contributed by atoms with Gasteiger partial charge in [-0.25, -0.2) is 9.07 Å². The smallest absolute Gasteiger partial charge is 0.150 e. The number of carbonyl (C=O) groups excluding carboxylic acids is 1. The Balaban J connectivity index is 2.53. The summed E-state index contributed by atoms with van der Waals surface area (Å²) in [6.07, 6.45) is 2.23. The van der Waals surface area contributed by atoms with Gasteiger partial charge in [0.2, 0.25) is 0 Å².